The summed E-state index contributed by atoms with van der Waals surface area (Å²) in [5.74, 6) is -0.135. The molecule has 0 aliphatic rings. The van der Waals surface area contributed by atoms with Crippen LogP contribution in [0.1, 0.15) is 18.4 Å². The molecule has 0 saturated carbocycles. The first-order valence-electron chi connectivity index (χ1n) is 4.76. The Bertz CT molecular complexity index is 504. The van der Waals surface area contributed by atoms with Crippen LogP contribution >= 0.6 is 0 Å². The number of hydrogen-bond donors (Lipinski definition) is 1. The molecule has 5 nitrogen and oxygen atoms in total. The van der Waals surface area contributed by atoms with Crippen molar-refractivity contribution < 1.29 is 9.90 Å². The zero-order valence-corrected chi connectivity index (χ0v) is 8.34. The summed E-state index contributed by atoms with van der Waals surface area (Å²) in [7, 11) is 0. The topological polar surface area (TPSA) is 67.5 Å². The number of nitrogens with zero attached hydrogens (tertiary/aromatic N) is 3. The average molecular weight is 205 g/mol. The van der Waals surface area contributed by atoms with Crippen LogP contribution in [0.3, 0.4) is 0 Å². The summed E-state index contributed by atoms with van der Waals surface area (Å²) in [5.41, 5.74) is 1.35. The highest BCUT2D eigenvalue weighted by Gasteiger charge is 2.08. The van der Waals surface area contributed by atoms with Crippen molar-refractivity contribution in [3.05, 3.63) is 29.7 Å². The minimum atomic E-state index is -0.865. The van der Waals surface area contributed by atoms with E-state index in [1.807, 2.05) is 13.0 Å². The number of carboxylic acids is 1. The maximum absolute atomic E-state index is 10.6. The van der Waals surface area contributed by atoms with Crippen LogP contribution in [-0.2, 0) is 17.6 Å². The van der Waals surface area contributed by atoms with Crippen molar-refractivity contribution >= 4 is 11.6 Å². The lowest BCUT2D eigenvalue weighted by Gasteiger charge is -1.99. The van der Waals surface area contributed by atoms with E-state index in [2.05, 4.69) is 10.1 Å². The summed E-state index contributed by atoms with van der Waals surface area (Å²) in [6.45, 7) is 1.96. The molecule has 0 fully saturated rings. The lowest BCUT2D eigenvalue weighted by molar-refractivity contribution is -0.136. The maximum atomic E-state index is 10.6. The van der Waals surface area contributed by atoms with Gasteiger partial charge in [-0.25, -0.2) is 9.50 Å². The van der Waals surface area contributed by atoms with Crippen LogP contribution in [0, 0.1) is 0 Å². The van der Waals surface area contributed by atoms with Crippen LogP contribution in [0.15, 0.2) is 18.2 Å². The first kappa shape index (κ1) is 9.64. The van der Waals surface area contributed by atoms with Gasteiger partial charge in [0.15, 0.2) is 11.5 Å². The molecule has 2 aromatic rings. The summed E-state index contributed by atoms with van der Waals surface area (Å²) in [5, 5.41) is 13.0. The van der Waals surface area contributed by atoms with Crippen LogP contribution in [-0.4, -0.2) is 25.7 Å². The van der Waals surface area contributed by atoms with E-state index in [-0.39, 0.29) is 6.42 Å². The van der Waals surface area contributed by atoms with E-state index in [0.29, 0.717) is 11.3 Å². The molecule has 0 radical (unpaired) electrons. The SMILES string of the molecule is CCc1nc2cccc(CC(=O)O)n2n1. The number of carboxylic acid groups (broad SMARTS) is 1. The van der Waals surface area contributed by atoms with Gasteiger partial charge in [0.25, 0.3) is 0 Å². The summed E-state index contributed by atoms with van der Waals surface area (Å²) in [6.07, 6.45) is 0.706. The molecule has 0 aliphatic carbocycles. The highest BCUT2D eigenvalue weighted by Crippen LogP contribution is 2.07. The highest BCUT2D eigenvalue weighted by atomic mass is 16.4. The van der Waals surface area contributed by atoms with Gasteiger partial charge in [-0.3, -0.25) is 4.79 Å². The Balaban J connectivity index is 2.54. The van der Waals surface area contributed by atoms with Crippen molar-refractivity contribution in [2.45, 2.75) is 19.8 Å². The molecule has 2 aromatic heterocycles. The molecule has 15 heavy (non-hydrogen) atoms. The lowest BCUT2D eigenvalue weighted by Crippen LogP contribution is -2.06. The predicted molar refractivity (Wildman–Crippen MR) is 53.7 cm³/mol. The largest absolute Gasteiger partial charge is 0.481 e. The third kappa shape index (κ3) is 1.81. The molecule has 5 heteroatoms. The molecule has 0 aromatic carbocycles. The van der Waals surface area contributed by atoms with Crippen molar-refractivity contribution in [3.8, 4) is 0 Å². The maximum Gasteiger partial charge on any atom is 0.309 e. The highest BCUT2D eigenvalue weighted by molar-refractivity contribution is 5.69. The van der Waals surface area contributed by atoms with Crippen molar-refractivity contribution in [1.29, 1.82) is 0 Å². The molecule has 0 aliphatic heterocycles. The van der Waals surface area contributed by atoms with Gasteiger partial charge >= 0.3 is 5.97 Å². The monoisotopic (exact) mass is 205 g/mol. The van der Waals surface area contributed by atoms with Crippen molar-refractivity contribution in [1.82, 2.24) is 14.6 Å². The van der Waals surface area contributed by atoms with E-state index >= 15 is 0 Å². The third-order valence-corrected chi connectivity index (χ3v) is 2.13. The van der Waals surface area contributed by atoms with E-state index in [9.17, 15) is 4.79 Å². The van der Waals surface area contributed by atoms with Crippen molar-refractivity contribution in [2.24, 2.45) is 0 Å². The molecule has 0 bridgehead atoms. The number of carbonyl (C=O) groups is 1. The summed E-state index contributed by atoms with van der Waals surface area (Å²) in [6, 6.07) is 5.36. The van der Waals surface area contributed by atoms with Gasteiger partial charge in [0, 0.05) is 6.42 Å². The number of fused-ring (bicyclic) bond motifs is 1. The minimum Gasteiger partial charge on any atom is -0.481 e. The second-order valence-electron chi connectivity index (χ2n) is 3.24. The number of aliphatic carboxylic acids is 1. The zero-order valence-electron chi connectivity index (χ0n) is 8.34. The van der Waals surface area contributed by atoms with Gasteiger partial charge in [0.1, 0.15) is 0 Å². The Hall–Kier alpha value is -1.91. The van der Waals surface area contributed by atoms with Crippen LogP contribution in [0.25, 0.3) is 5.65 Å². The fourth-order valence-corrected chi connectivity index (χ4v) is 1.44. The molecular weight excluding hydrogens is 194 g/mol. The lowest BCUT2D eigenvalue weighted by atomic mass is 10.3. The second kappa shape index (κ2) is 3.68. The molecule has 0 atom stereocenters. The Labute approximate surface area is 86.4 Å². The summed E-state index contributed by atoms with van der Waals surface area (Å²) >= 11 is 0. The first-order chi connectivity index (χ1) is 7.20. The van der Waals surface area contributed by atoms with Gasteiger partial charge in [-0.05, 0) is 12.1 Å². The zero-order chi connectivity index (χ0) is 10.8. The van der Waals surface area contributed by atoms with Gasteiger partial charge in [0.2, 0.25) is 0 Å². The fourth-order valence-electron chi connectivity index (χ4n) is 1.44. The normalized spacial score (nSPS) is 10.7. The Morgan fingerprint density at radius 1 is 1.53 bits per heavy atom. The predicted octanol–water partition coefficient (Wildman–Crippen LogP) is 0.919. The molecule has 0 amide bonds. The standard InChI is InChI=1S/C10H11N3O2/c1-2-8-11-9-5-3-4-7(6-10(14)15)13(9)12-8/h3-5H,2,6H2,1H3,(H,14,15). The van der Waals surface area contributed by atoms with Crippen LogP contribution < -0.4 is 0 Å². The third-order valence-electron chi connectivity index (χ3n) is 2.13. The summed E-state index contributed by atoms with van der Waals surface area (Å²) < 4.78 is 1.59. The number of rotatable bonds is 3. The minimum absolute atomic E-state index is 0.0378. The van der Waals surface area contributed by atoms with Crippen molar-refractivity contribution in [2.75, 3.05) is 0 Å². The molecule has 0 spiro atoms. The van der Waals surface area contributed by atoms with Gasteiger partial charge in [-0.1, -0.05) is 13.0 Å². The Morgan fingerprint density at radius 3 is 3.00 bits per heavy atom. The van der Waals surface area contributed by atoms with E-state index < -0.39 is 5.97 Å². The molecule has 2 heterocycles. The van der Waals surface area contributed by atoms with Crippen molar-refractivity contribution in [3.63, 3.8) is 0 Å². The molecule has 0 saturated heterocycles. The van der Waals surface area contributed by atoms with E-state index in [1.54, 1.807) is 16.6 Å². The number of aromatic nitrogens is 3. The van der Waals surface area contributed by atoms with Gasteiger partial charge < -0.3 is 5.11 Å². The van der Waals surface area contributed by atoms with Crippen LogP contribution in [0.4, 0.5) is 0 Å². The quantitative estimate of drug-likeness (QED) is 0.809. The van der Waals surface area contributed by atoms with Gasteiger partial charge in [-0.15, -0.1) is 0 Å². The smallest absolute Gasteiger partial charge is 0.309 e. The Morgan fingerprint density at radius 2 is 2.33 bits per heavy atom. The van der Waals surface area contributed by atoms with Crippen LogP contribution in [0.5, 0.6) is 0 Å². The van der Waals surface area contributed by atoms with E-state index in [4.69, 9.17) is 5.11 Å². The van der Waals surface area contributed by atoms with Gasteiger partial charge in [-0.2, -0.15) is 5.10 Å². The fraction of sp³-hybridized carbons (Fsp3) is 0.300. The van der Waals surface area contributed by atoms with E-state index in [1.165, 1.54) is 0 Å². The molecule has 0 unspecified atom stereocenters. The molecule has 1 N–H and O–H groups in total. The van der Waals surface area contributed by atoms with Gasteiger partial charge in [0.05, 0.1) is 12.1 Å². The Kier molecular flexibility index (Phi) is 2.37. The number of pyridine rings is 1. The number of hydrogen-bond acceptors (Lipinski definition) is 3. The number of aryl methyl sites for hydroxylation is 1. The van der Waals surface area contributed by atoms with E-state index in [0.717, 1.165) is 12.2 Å². The summed E-state index contributed by atoms with van der Waals surface area (Å²) in [4.78, 5) is 14.9. The van der Waals surface area contributed by atoms with Crippen LogP contribution in [0.2, 0.25) is 0 Å². The molecular formula is C10H11N3O2. The average Bonchev–Trinajstić information content (AvgIpc) is 2.61. The first-order valence-corrected chi connectivity index (χ1v) is 4.76. The molecule has 78 valence electrons. The second-order valence-corrected chi connectivity index (χ2v) is 3.24. The molecule has 2 rings (SSSR count).